The van der Waals surface area contributed by atoms with Crippen molar-refractivity contribution >= 4 is 11.7 Å². The lowest BCUT2D eigenvalue weighted by Gasteiger charge is -2.42. The van der Waals surface area contributed by atoms with E-state index in [9.17, 15) is 4.79 Å². The Labute approximate surface area is 144 Å². The standard InChI is InChI=1S/C20H16N2O3/c21-11-5-7-15-17(9-11)24-18-10-12(22)6-8-16(18)20(15)14-4-2-1-3-13(14)19(23)25-20/h1-11,15H,21-22H2. The van der Waals surface area contributed by atoms with Gasteiger partial charge in [-0.05, 0) is 24.3 Å². The van der Waals surface area contributed by atoms with Crippen LogP contribution >= 0.6 is 0 Å². The average Bonchev–Trinajstić information content (AvgIpc) is 2.88. The Morgan fingerprint density at radius 1 is 1.04 bits per heavy atom. The molecule has 1 aliphatic carbocycles. The van der Waals surface area contributed by atoms with Crippen molar-refractivity contribution in [3.8, 4) is 5.75 Å². The van der Waals surface area contributed by atoms with Crippen LogP contribution in [0.15, 0.2) is 66.5 Å². The minimum Gasteiger partial charge on any atom is -0.461 e. The van der Waals surface area contributed by atoms with Gasteiger partial charge in [-0.3, -0.25) is 0 Å². The molecule has 2 aromatic carbocycles. The van der Waals surface area contributed by atoms with Crippen molar-refractivity contribution < 1.29 is 14.3 Å². The molecule has 1 spiro atoms. The lowest BCUT2D eigenvalue weighted by molar-refractivity contribution is -0.0148. The molecule has 2 heterocycles. The maximum absolute atomic E-state index is 12.6. The zero-order valence-corrected chi connectivity index (χ0v) is 13.3. The number of nitrogens with two attached hydrogens (primary N) is 2. The summed E-state index contributed by atoms with van der Waals surface area (Å²) in [6.07, 6.45) is 5.72. The number of carbonyl (C=O) groups excluding carboxylic acids is 1. The summed E-state index contributed by atoms with van der Waals surface area (Å²) < 4.78 is 12.1. The highest BCUT2D eigenvalue weighted by molar-refractivity contribution is 5.96. The SMILES string of the molecule is Nc1ccc2c(c1)OC1=CC(N)C=CC1C21OC(=O)c2ccccc21. The smallest absolute Gasteiger partial charge is 0.339 e. The van der Waals surface area contributed by atoms with Crippen molar-refractivity contribution in [3.05, 3.63) is 83.1 Å². The first-order valence-electron chi connectivity index (χ1n) is 8.16. The summed E-state index contributed by atoms with van der Waals surface area (Å²) in [6, 6.07) is 12.7. The Kier molecular flexibility index (Phi) is 2.71. The topological polar surface area (TPSA) is 87.6 Å². The summed E-state index contributed by atoms with van der Waals surface area (Å²) in [5.74, 6) is 0.672. The minimum atomic E-state index is -0.961. The van der Waals surface area contributed by atoms with E-state index in [1.165, 1.54) is 0 Å². The third-order valence-electron chi connectivity index (χ3n) is 5.06. The van der Waals surface area contributed by atoms with Crippen LogP contribution in [0, 0.1) is 5.92 Å². The van der Waals surface area contributed by atoms with Gasteiger partial charge in [-0.15, -0.1) is 0 Å². The van der Waals surface area contributed by atoms with E-state index in [1.807, 2.05) is 42.5 Å². The Balaban J connectivity index is 1.85. The number of hydrogen-bond donors (Lipinski definition) is 2. The van der Waals surface area contributed by atoms with Crippen LogP contribution in [-0.2, 0) is 10.3 Å². The molecule has 0 bridgehead atoms. The summed E-state index contributed by atoms with van der Waals surface area (Å²) in [6.45, 7) is 0. The molecule has 0 saturated carbocycles. The van der Waals surface area contributed by atoms with Gasteiger partial charge >= 0.3 is 5.97 Å². The first kappa shape index (κ1) is 14.3. The van der Waals surface area contributed by atoms with Crippen LogP contribution in [0.2, 0.25) is 0 Å². The fraction of sp³-hybridized carbons (Fsp3) is 0.150. The van der Waals surface area contributed by atoms with Gasteiger partial charge in [-0.2, -0.15) is 0 Å². The zero-order valence-electron chi connectivity index (χ0n) is 13.3. The van der Waals surface area contributed by atoms with E-state index in [-0.39, 0.29) is 17.9 Å². The van der Waals surface area contributed by atoms with Gasteiger partial charge < -0.3 is 20.9 Å². The number of benzene rings is 2. The number of fused-ring (bicyclic) bond motifs is 6. The molecule has 4 N–H and O–H groups in total. The molecule has 3 unspecified atom stereocenters. The van der Waals surface area contributed by atoms with E-state index in [1.54, 1.807) is 18.2 Å². The summed E-state index contributed by atoms with van der Waals surface area (Å²) in [5, 5.41) is 0. The molecule has 5 rings (SSSR count). The quantitative estimate of drug-likeness (QED) is 0.440. The van der Waals surface area contributed by atoms with Crippen LogP contribution in [0.1, 0.15) is 21.5 Å². The molecule has 3 atom stereocenters. The van der Waals surface area contributed by atoms with Crippen molar-refractivity contribution in [2.75, 3.05) is 5.73 Å². The van der Waals surface area contributed by atoms with E-state index in [4.69, 9.17) is 20.9 Å². The molecule has 124 valence electrons. The molecular weight excluding hydrogens is 316 g/mol. The number of nitrogen functional groups attached to an aromatic ring is 1. The van der Waals surface area contributed by atoms with E-state index < -0.39 is 5.60 Å². The number of anilines is 1. The maximum Gasteiger partial charge on any atom is 0.339 e. The first-order chi connectivity index (χ1) is 12.1. The molecule has 5 nitrogen and oxygen atoms in total. The molecule has 0 saturated heterocycles. The Bertz CT molecular complexity index is 979. The second-order valence-corrected chi connectivity index (χ2v) is 6.54. The maximum atomic E-state index is 12.6. The molecule has 0 aromatic heterocycles. The highest BCUT2D eigenvalue weighted by Gasteiger charge is 2.57. The van der Waals surface area contributed by atoms with Gasteiger partial charge in [-0.25, -0.2) is 4.79 Å². The molecular formula is C20H16N2O3. The second-order valence-electron chi connectivity index (χ2n) is 6.54. The van der Waals surface area contributed by atoms with Crippen LogP contribution < -0.4 is 16.2 Å². The van der Waals surface area contributed by atoms with Crippen LogP contribution in [-0.4, -0.2) is 12.0 Å². The highest BCUT2D eigenvalue weighted by Crippen LogP contribution is 2.56. The molecule has 2 aliphatic heterocycles. The van der Waals surface area contributed by atoms with E-state index in [0.29, 0.717) is 22.8 Å². The van der Waals surface area contributed by atoms with Gasteiger partial charge in [0.15, 0.2) is 5.60 Å². The van der Waals surface area contributed by atoms with Gasteiger partial charge in [0.1, 0.15) is 11.5 Å². The normalized spacial score (nSPS) is 28.5. The lowest BCUT2D eigenvalue weighted by atomic mass is 9.71. The molecule has 0 amide bonds. The van der Waals surface area contributed by atoms with Gasteiger partial charge in [-0.1, -0.05) is 30.4 Å². The monoisotopic (exact) mass is 332 g/mol. The minimum absolute atomic E-state index is 0.238. The van der Waals surface area contributed by atoms with E-state index in [0.717, 1.165) is 11.1 Å². The number of hydrogen-bond acceptors (Lipinski definition) is 5. The molecule has 25 heavy (non-hydrogen) atoms. The summed E-state index contributed by atoms with van der Waals surface area (Å²) >= 11 is 0. The van der Waals surface area contributed by atoms with Gasteiger partial charge in [0.2, 0.25) is 0 Å². The Hall–Kier alpha value is -3.05. The summed E-state index contributed by atoms with van der Waals surface area (Å²) in [7, 11) is 0. The van der Waals surface area contributed by atoms with Crippen LogP contribution in [0.4, 0.5) is 5.69 Å². The average molecular weight is 332 g/mol. The molecule has 0 fully saturated rings. The van der Waals surface area contributed by atoms with Crippen molar-refractivity contribution in [1.82, 2.24) is 0 Å². The van der Waals surface area contributed by atoms with Crippen molar-refractivity contribution in [2.45, 2.75) is 11.6 Å². The van der Waals surface area contributed by atoms with Crippen LogP contribution in [0.3, 0.4) is 0 Å². The molecule has 2 aromatic rings. The number of esters is 1. The van der Waals surface area contributed by atoms with Gasteiger partial charge in [0.05, 0.1) is 11.5 Å². The van der Waals surface area contributed by atoms with E-state index in [2.05, 4.69) is 0 Å². The Morgan fingerprint density at radius 2 is 1.88 bits per heavy atom. The summed E-state index contributed by atoms with van der Waals surface area (Å²) in [5.41, 5.74) is 13.8. The highest BCUT2D eigenvalue weighted by atomic mass is 16.6. The predicted molar refractivity (Wildman–Crippen MR) is 92.8 cm³/mol. The summed E-state index contributed by atoms with van der Waals surface area (Å²) in [4.78, 5) is 12.6. The first-order valence-corrected chi connectivity index (χ1v) is 8.16. The predicted octanol–water partition coefficient (Wildman–Crippen LogP) is 2.47. The molecule has 0 radical (unpaired) electrons. The second kappa shape index (κ2) is 4.74. The van der Waals surface area contributed by atoms with Crippen molar-refractivity contribution in [1.29, 1.82) is 0 Å². The van der Waals surface area contributed by atoms with Crippen molar-refractivity contribution in [3.63, 3.8) is 0 Å². The third kappa shape index (κ3) is 1.78. The fourth-order valence-corrected chi connectivity index (χ4v) is 4.01. The lowest BCUT2D eigenvalue weighted by Crippen LogP contribution is -2.43. The van der Waals surface area contributed by atoms with Crippen molar-refractivity contribution in [2.24, 2.45) is 11.7 Å². The van der Waals surface area contributed by atoms with Crippen LogP contribution in [0.25, 0.3) is 0 Å². The Morgan fingerprint density at radius 3 is 2.76 bits per heavy atom. The van der Waals surface area contributed by atoms with Gasteiger partial charge in [0.25, 0.3) is 0 Å². The zero-order chi connectivity index (χ0) is 17.2. The molecule has 5 heteroatoms. The van der Waals surface area contributed by atoms with Crippen LogP contribution in [0.5, 0.6) is 5.75 Å². The van der Waals surface area contributed by atoms with Gasteiger partial charge in [0, 0.05) is 28.9 Å². The van der Waals surface area contributed by atoms with E-state index >= 15 is 0 Å². The number of rotatable bonds is 0. The third-order valence-corrected chi connectivity index (χ3v) is 5.06. The molecule has 3 aliphatic rings. The largest absolute Gasteiger partial charge is 0.461 e. The fourth-order valence-electron chi connectivity index (χ4n) is 4.01. The number of carbonyl (C=O) groups is 1. The number of ether oxygens (including phenoxy) is 2.